The number of hydrogen-bond donors (Lipinski definition) is 1. The van der Waals surface area contributed by atoms with Gasteiger partial charge in [-0.25, -0.2) is 4.79 Å². The lowest BCUT2D eigenvalue weighted by atomic mass is 10.0. The van der Waals surface area contributed by atoms with Crippen LogP contribution in [0, 0.1) is 11.3 Å². The molecule has 0 aliphatic rings. The summed E-state index contributed by atoms with van der Waals surface area (Å²) in [4.78, 5) is 25.8. The highest BCUT2D eigenvalue weighted by Gasteiger charge is 2.21. The average molecular weight is 588 g/mol. The van der Waals surface area contributed by atoms with E-state index in [0.717, 1.165) is 39.0 Å². The number of nitrogens with zero attached hydrogens (tertiary/aromatic N) is 2. The van der Waals surface area contributed by atoms with Crippen molar-refractivity contribution in [2.75, 3.05) is 11.9 Å². The van der Waals surface area contributed by atoms with Crippen LogP contribution < -0.4 is 5.32 Å². The second kappa shape index (κ2) is 13.0. The molecular formula is C39H29N3O3. The first-order chi connectivity index (χ1) is 22.1. The zero-order valence-corrected chi connectivity index (χ0v) is 24.6. The van der Waals surface area contributed by atoms with E-state index in [1.807, 2.05) is 121 Å². The van der Waals surface area contributed by atoms with Gasteiger partial charge >= 0.3 is 5.97 Å². The number of ether oxygens (including phenoxy) is 1. The first kappa shape index (κ1) is 28.9. The number of aromatic nitrogens is 1. The molecule has 1 amide bonds. The Morgan fingerprint density at radius 3 is 2.09 bits per heavy atom. The van der Waals surface area contributed by atoms with Crippen LogP contribution in [0.15, 0.2) is 139 Å². The molecule has 6 nitrogen and oxygen atoms in total. The fourth-order valence-electron chi connectivity index (χ4n) is 5.35. The monoisotopic (exact) mass is 587 g/mol. The number of nitriles is 1. The van der Waals surface area contributed by atoms with Gasteiger partial charge in [0.25, 0.3) is 5.91 Å². The Kier molecular flexibility index (Phi) is 8.34. The van der Waals surface area contributed by atoms with E-state index in [4.69, 9.17) is 4.74 Å². The molecule has 1 N–H and O–H groups in total. The van der Waals surface area contributed by atoms with Crippen LogP contribution in [0.1, 0.15) is 22.8 Å². The summed E-state index contributed by atoms with van der Waals surface area (Å²) in [5.74, 6) is -0.887. The van der Waals surface area contributed by atoms with Crippen LogP contribution in [-0.2, 0) is 9.53 Å². The minimum atomic E-state index is -0.500. The molecule has 0 saturated heterocycles. The van der Waals surface area contributed by atoms with Gasteiger partial charge in [0.05, 0.1) is 23.6 Å². The topological polar surface area (TPSA) is 84.1 Å². The van der Waals surface area contributed by atoms with E-state index >= 15 is 0 Å². The summed E-state index contributed by atoms with van der Waals surface area (Å²) in [5, 5.41) is 15.1. The summed E-state index contributed by atoms with van der Waals surface area (Å²) >= 11 is 0. The first-order valence-corrected chi connectivity index (χ1v) is 14.6. The zero-order chi connectivity index (χ0) is 31.2. The van der Waals surface area contributed by atoms with Crippen molar-refractivity contribution in [2.45, 2.75) is 6.92 Å². The Morgan fingerprint density at radius 1 is 0.778 bits per heavy atom. The van der Waals surface area contributed by atoms with E-state index in [0.29, 0.717) is 23.4 Å². The summed E-state index contributed by atoms with van der Waals surface area (Å²) in [6.07, 6.45) is 1.63. The minimum absolute atomic E-state index is 0.0326. The van der Waals surface area contributed by atoms with E-state index in [1.165, 1.54) is 0 Å². The van der Waals surface area contributed by atoms with Gasteiger partial charge in [-0.1, -0.05) is 91.0 Å². The lowest BCUT2D eigenvalue weighted by Gasteiger charge is -2.15. The van der Waals surface area contributed by atoms with Crippen LogP contribution in [0.25, 0.3) is 45.1 Å². The standard InChI is InChI=1S/C39H29N3O3/c1-2-45-39(44)30-18-21-35(22-19-30)42-36(28-12-5-3-6-13-28)25-32(37(42)29-14-7-4-8-15-29)23-33(26-40)38(43)41-34-20-17-27-11-9-10-16-31(27)24-34/h3-25H,2H2,1H3,(H,41,43)/b33-23+. The summed E-state index contributed by atoms with van der Waals surface area (Å²) < 4.78 is 7.27. The Morgan fingerprint density at radius 2 is 1.42 bits per heavy atom. The Labute approximate surface area is 261 Å². The molecule has 0 radical (unpaired) electrons. The molecule has 5 aromatic carbocycles. The molecule has 1 aromatic heterocycles. The van der Waals surface area contributed by atoms with Crippen LogP contribution >= 0.6 is 0 Å². The van der Waals surface area contributed by atoms with Crippen molar-refractivity contribution in [3.63, 3.8) is 0 Å². The van der Waals surface area contributed by atoms with Crippen molar-refractivity contribution in [1.82, 2.24) is 4.57 Å². The van der Waals surface area contributed by atoms with Gasteiger partial charge < -0.3 is 14.6 Å². The number of nitrogens with one attached hydrogen (secondary N) is 1. The molecule has 6 heteroatoms. The number of rotatable bonds is 8. The molecule has 6 rings (SSSR count). The van der Waals surface area contributed by atoms with Crippen LogP contribution in [-0.4, -0.2) is 23.1 Å². The van der Waals surface area contributed by atoms with Gasteiger partial charge in [0.2, 0.25) is 0 Å². The normalized spacial score (nSPS) is 11.2. The van der Waals surface area contributed by atoms with Crippen LogP contribution in [0.5, 0.6) is 0 Å². The number of fused-ring (bicyclic) bond motifs is 1. The molecule has 0 aliphatic carbocycles. The highest BCUT2D eigenvalue weighted by molar-refractivity contribution is 6.11. The van der Waals surface area contributed by atoms with E-state index in [9.17, 15) is 14.9 Å². The highest BCUT2D eigenvalue weighted by atomic mass is 16.5. The van der Waals surface area contributed by atoms with E-state index < -0.39 is 5.91 Å². The van der Waals surface area contributed by atoms with Gasteiger partial charge in [0.1, 0.15) is 11.6 Å². The van der Waals surface area contributed by atoms with Crippen molar-refractivity contribution in [3.8, 4) is 34.3 Å². The lowest BCUT2D eigenvalue weighted by Crippen LogP contribution is -2.13. The molecule has 0 saturated carbocycles. The Balaban J connectivity index is 1.49. The number of carbonyl (C=O) groups excluding carboxylic acids is 2. The smallest absolute Gasteiger partial charge is 0.338 e. The predicted octanol–water partition coefficient (Wildman–Crippen LogP) is 8.69. The lowest BCUT2D eigenvalue weighted by molar-refractivity contribution is -0.112. The van der Waals surface area contributed by atoms with E-state index in [2.05, 4.69) is 16.0 Å². The molecule has 1 heterocycles. The van der Waals surface area contributed by atoms with Crippen molar-refractivity contribution in [2.24, 2.45) is 0 Å². The molecule has 0 fully saturated rings. The van der Waals surface area contributed by atoms with Crippen LogP contribution in [0.3, 0.4) is 0 Å². The fourth-order valence-corrected chi connectivity index (χ4v) is 5.35. The van der Waals surface area contributed by atoms with Gasteiger partial charge in [-0.3, -0.25) is 4.79 Å². The largest absolute Gasteiger partial charge is 0.462 e. The molecular weight excluding hydrogens is 558 g/mol. The van der Waals surface area contributed by atoms with E-state index in [-0.39, 0.29) is 11.5 Å². The molecule has 0 spiro atoms. The second-order valence-corrected chi connectivity index (χ2v) is 10.4. The number of carbonyl (C=O) groups is 2. The number of amides is 1. The summed E-state index contributed by atoms with van der Waals surface area (Å²) in [6.45, 7) is 2.07. The molecule has 0 aliphatic heterocycles. The van der Waals surface area contributed by atoms with Gasteiger partial charge in [-0.05, 0) is 77.4 Å². The van der Waals surface area contributed by atoms with Crippen molar-refractivity contribution in [1.29, 1.82) is 5.26 Å². The van der Waals surface area contributed by atoms with Gasteiger partial charge in [-0.2, -0.15) is 5.26 Å². The first-order valence-electron chi connectivity index (χ1n) is 14.6. The zero-order valence-electron chi connectivity index (χ0n) is 24.6. The molecule has 0 bridgehead atoms. The number of anilines is 1. The maximum Gasteiger partial charge on any atom is 0.338 e. The minimum Gasteiger partial charge on any atom is -0.462 e. The quantitative estimate of drug-likeness (QED) is 0.110. The molecule has 0 unspecified atom stereocenters. The van der Waals surface area contributed by atoms with Crippen LogP contribution in [0.2, 0.25) is 0 Å². The predicted molar refractivity (Wildman–Crippen MR) is 179 cm³/mol. The SMILES string of the molecule is CCOC(=O)c1ccc(-n2c(-c3ccccc3)cc(/C=C(\C#N)C(=O)Nc3ccc4ccccc4c3)c2-c2ccccc2)cc1. The summed E-state index contributed by atoms with van der Waals surface area (Å²) in [7, 11) is 0. The van der Waals surface area contributed by atoms with E-state index in [1.54, 1.807) is 25.1 Å². The maximum absolute atomic E-state index is 13.5. The molecule has 0 atom stereocenters. The van der Waals surface area contributed by atoms with Gasteiger partial charge in [0, 0.05) is 16.9 Å². The third kappa shape index (κ3) is 6.15. The Bertz CT molecular complexity index is 2070. The number of hydrogen-bond acceptors (Lipinski definition) is 4. The fraction of sp³-hybridized carbons (Fsp3) is 0.0513. The van der Waals surface area contributed by atoms with Gasteiger partial charge in [0.15, 0.2) is 0 Å². The van der Waals surface area contributed by atoms with Crippen molar-refractivity contribution < 1.29 is 14.3 Å². The molecule has 6 aromatic rings. The highest BCUT2D eigenvalue weighted by Crippen LogP contribution is 2.37. The average Bonchev–Trinajstić information content (AvgIpc) is 3.47. The summed E-state index contributed by atoms with van der Waals surface area (Å²) in [6, 6.07) is 44.6. The molecule has 45 heavy (non-hydrogen) atoms. The third-order valence-electron chi connectivity index (χ3n) is 7.46. The van der Waals surface area contributed by atoms with Crippen molar-refractivity contribution in [3.05, 3.63) is 150 Å². The maximum atomic E-state index is 13.5. The van der Waals surface area contributed by atoms with Crippen molar-refractivity contribution >= 4 is 34.4 Å². The summed E-state index contributed by atoms with van der Waals surface area (Å²) in [5.41, 5.74) is 6.02. The van der Waals surface area contributed by atoms with Crippen LogP contribution in [0.4, 0.5) is 5.69 Å². The Hall–Kier alpha value is -6.19. The second-order valence-electron chi connectivity index (χ2n) is 10.4. The number of esters is 1. The van der Waals surface area contributed by atoms with Gasteiger partial charge in [-0.15, -0.1) is 0 Å². The molecule has 218 valence electrons. The number of benzene rings is 5. The third-order valence-corrected chi connectivity index (χ3v) is 7.46.